The summed E-state index contributed by atoms with van der Waals surface area (Å²) in [6, 6.07) is 8.47. The lowest BCUT2D eigenvalue weighted by atomic mass is 10.0. The minimum atomic E-state index is 0.355. The number of hydrogen-bond acceptors (Lipinski definition) is 3. The molecule has 18 heavy (non-hydrogen) atoms. The van der Waals surface area contributed by atoms with Gasteiger partial charge < -0.3 is 10.1 Å². The summed E-state index contributed by atoms with van der Waals surface area (Å²) in [6.07, 6.45) is 0. The Morgan fingerprint density at radius 2 is 2.28 bits per heavy atom. The summed E-state index contributed by atoms with van der Waals surface area (Å²) in [5, 5.41) is 4.29. The molecule has 0 saturated carbocycles. The van der Waals surface area contributed by atoms with Gasteiger partial charge in [0.2, 0.25) is 0 Å². The molecule has 0 amide bonds. The van der Waals surface area contributed by atoms with Crippen LogP contribution < -0.4 is 5.32 Å². The van der Waals surface area contributed by atoms with Crippen molar-refractivity contribution in [1.82, 2.24) is 10.2 Å². The zero-order chi connectivity index (χ0) is 12.8. The van der Waals surface area contributed by atoms with Gasteiger partial charge in [-0.1, -0.05) is 29.8 Å². The lowest BCUT2D eigenvalue weighted by molar-refractivity contribution is 0.0829. The predicted octanol–water partition coefficient (Wildman–Crippen LogP) is 2.32. The Hall–Kier alpha value is -0.610. The normalized spacial score (nSPS) is 21.1. The molecule has 1 aromatic carbocycles. The highest BCUT2D eigenvalue weighted by Gasteiger charge is 2.24. The zero-order valence-corrected chi connectivity index (χ0v) is 11.6. The maximum Gasteiger partial charge on any atom is 0.0593 e. The topological polar surface area (TPSA) is 24.5 Å². The molecule has 1 fully saturated rings. The standard InChI is InChI=1S/C14H21ClN2O/c1-2-18-10-9-17-8-7-16-11-14(17)12-5-3-4-6-13(12)15/h3-6,14,16H,2,7-11H2,1H3. The Labute approximate surface area is 114 Å². The fourth-order valence-corrected chi connectivity index (χ4v) is 2.65. The zero-order valence-electron chi connectivity index (χ0n) is 10.9. The highest BCUT2D eigenvalue weighted by Crippen LogP contribution is 2.28. The highest BCUT2D eigenvalue weighted by atomic mass is 35.5. The number of nitrogens with zero attached hydrogens (tertiary/aromatic N) is 1. The van der Waals surface area contributed by atoms with Crippen LogP contribution in [0.4, 0.5) is 0 Å². The number of halogens is 1. The van der Waals surface area contributed by atoms with Crippen LogP contribution in [0.1, 0.15) is 18.5 Å². The monoisotopic (exact) mass is 268 g/mol. The number of piperazine rings is 1. The van der Waals surface area contributed by atoms with E-state index in [0.29, 0.717) is 6.04 Å². The van der Waals surface area contributed by atoms with Crippen molar-refractivity contribution in [3.8, 4) is 0 Å². The molecular weight excluding hydrogens is 248 g/mol. The molecular formula is C14H21ClN2O. The van der Waals surface area contributed by atoms with E-state index in [9.17, 15) is 0 Å². The number of rotatable bonds is 5. The second-order valence-electron chi connectivity index (χ2n) is 4.47. The van der Waals surface area contributed by atoms with Crippen molar-refractivity contribution in [2.24, 2.45) is 0 Å². The Kier molecular flexibility index (Phi) is 5.45. The van der Waals surface area contributed by atoms with Crippen molar-refractivity contribution in [3.05, 3.63) is 34.9 Å². The molecule has 3 nitrogen and oxygen atoms in total. The third-order valence-corrected chi connectivity index (χ3v) is 3.69. The minimum absolute atomic E-state index is 0.355. The molecule has 1 unspecified atom stereocenters. The van der Waals surface area contributed by atoms with Crippen LogP contribution in [0.25, 0.3) is 0 Å². The van der Waals surface area contributed by atoms with E-state index in [0.717, 1.165) is 44.4 Å². The quantitative estimate of drug-likeness (QED) is 0.830. The summed E-state index contributed by atoms with van der Waals surface area (Å²) < 4.78 is 5.46. The molecule has 0 spiro atoms. The van der Waals surface area contributed by atoms with Crippen molar-refractivity contribution >= 4 is 11.6 Å². The van der Waals surface area contributed by atoms with Crippen molar-refractivity contribution in [1.29, 1.82) is 0 Å². The summed E-state index contributed by atoms with van der Waals surface area (Å²) in [5.41, 5.74) is 1.21. The summed E-state index contributed by atoms with van der Waals surface area (Å²) in [7, 11) is 0. The molecule has 1 atom stereocenters. The molecule has 0 radical (unpaired) electrons. The maximum absolute atomic E-state index is 6.30. The van der Waals surface area contributed by atoms with Gasteiger partial charge in [-0.05, 0) is 18.6 Å². The Morgan fingerprint density at radius 3 is 3.06 bits per heavy atom. The van der Waals surface area contributed by atoms with Crippen molar-refractivity contribution in [2.45, 2.75) is 13.0 Å². The van der Waals surface area contributed by atoms with Crippen molar-refractivity contribution < 1.29 is 4.74 Å². The molecule has 1 saturated heterocycles. The molecule has 1 aromatic rings. The fourth-order valence-electron chi connectivity index (χ4n) is 2.39. The molecule has 1 aliphatic rings. The van der Waals surface area contributed by atoms with Gasteiger partial charge in [-0.2, -0.15) is 0 Å². The van der Waals surface area contributed by atoms with E-state index in [1.807, 2.05) is 19.1 Å². The van der Waals surface area contributed by atoms with Crippen LogP contribution in [-0.2, 0) is 4.74 Å². The van der Waals surface area contributed by atoms with Gasteiger partial charge in [-0.25, -0.2) is 0 Å². The molecule has 1 N–H and O–H groups in total. The number of nitrogens with one attached hydrogen (secondary N) is 1. The smallest absolute Gasteiger partial charge is 0.0593 e. The van der Waals surface area contributed by atoms with E-state index in [4.69, 9.17) is 16.3 Å². The molecule has 1 aliphatic heterocycles. The van der Waals surface area contributed by atoms with Crippen molar-refractivity contribution in [3.63, 3.8) is 0 Å². The first kappa shape index (κ1) is 13.8. The molecule has 0 bridgehead atoms. The van der Waals surface area contributed by atoms with Gasteiger partial charge >= 0.3 is 0 Å². The van der Waals surface area contributed by atoms with E-state index in [1.165, 1.54) is 5.56 Å². The third kappa shape index (κ3) is 3.45. The summed E-state index contributed by atoms with van der Waals surface area (Å²) in [5.74, 6) is 0. The van der Waals surface area contributed by atoms with Gasteiger partial charge in [0, 0.05) is 43.9 Å². The number of benzene rings is 1. The first-order valence-electron chi connectivity index (χ1n) is 6.60. The minimum Gasteiger partial charge on any atom is -0.380 e. The Morgan fingerprint density at radius 1 is 1.44 bits per heavy atom. The first-order chi connectivity index (χ1) is 8.83. The third-order valence-electron chi connectivity index (χ3n) is 3.35. The second-order valence-corrected chi connectivity index (χ2v) is 4.88. The van der Waals surface area contributed by atoms with E-state index in [-0.39, 0.29) is 0 Å². The summed E-state index contributed by atoms with van der Waals surface area (Å²) in [4.78, 5) is 2.45. The van der Waals surface area contributed by atoms with Gasteiger partial charge in [0.05, 0.1) is 6.61 Å². The van der Waals surface area contributed by atoms with Crippen LogP contribution in [0.3, 0.4) is 0 Å². The van der Waals surface area contributed by atoms with Gasteiger partial charge in [0.1, 0.15) is 0 Å². The van der Waals surface area contributed by atoms with Crippen LogP contribution in [0.15, 0.2) is 24.3 Å². The summed E-state index contributed by atoms with van der Waals surface area (Å²) in [6.45, 7) is 7.60. The van der Waals surface area contributed by atoms with Crippen LogP contribution in [0, 0.1) is 0 Å². The number of ether oxygens (including phenoxy) is 1. The van der Waals surface area contributed by atoms with Crippen LogP contribution >= 0.6 is 11.6 Å². The Bertz CT molecular complexity index is 373. The van der Waals surface area contributed by atoms with Crippen LogP contribution in [0.2, 0.25) is 5.02 Å². The van der Waals surface area contributed by atoms with Gasteiger partial charge in [-0.3, -0.25) is 4.90 Å². The van der Waals surface area contributed by atoms with E-state index >= 15 is 0 Å². The molecule has 2 rings (SSSR count). The number of hydrogen-bond donors (Lipinski definition) is 1. The predicted molar refractivity (Wildman–Crippen MR) is 75.1 cm³/mol. The molecule has 1 heterocycles. The average Bonchev–Trinajstić information content (AvgIpc) is 2.40. The first-order valence-corrected chi connectivity index (χ1v) is 6.97. The average molecular weight is 269 g/mol. The van der Waals surface area contributed by atoms with Gasteiger partial charge in [0.25, 0.3) is 0 Å². The molecule has 4 heteroatoms. The van der Waals surface area contributed by atoms with Gasteiger partial charge in [-0.15, -0.1) is 0 Å². The SMILES string of the molecule is CCOCCN1CCNCC1c1ccccc1Cl. The second kappa shape index (κ2) is 7.10. The highest BCUT2D eigenvalue weighted by molar-refractivity contribution is 6.31. The van der Waals surface area contributed by atoms with Crippen LogP contribution in [-0.4, -0.2) is 44.3 Å². The maximum atomic E-state index is 6.30. The Balaban J connectivity index is 2.05. The van der Waals surface area contributed by atoms with Crippen molar-refractivity contribution in [2.75, 3.05) is 39.4 Å². The van der Waals surface area contributed by atoms with Gasteiger partial charge in [0.15, 0.2) is 0 Å². The molecule has 0 aromatic heterocycles. The lowest BCUT2D eigenvalue weighted by Crippen LogP contribution is -2.47. The molecule has 100 valence electrons. The largest absolute Gasteiger partial charge is 0.380 e. The lowest BCUT2D eigenvalue weighted by Gasteiger charge is -2.36. The van der Waals surface area contributed by atoms with Crippen LogP contribution in [0.5, 0.6) is 0 Å². The fraction of sp³-hybridized carbons (Fsp3) is 0.571. The summed E-state index contributed by atoms with van der Waals surface area (Å²) >= 11 is 6.30. The van der Waals surface area contributed by atoms with E-state index in [1.54, 1.807) is 0 Å². The van der Waals surface area contributed by atoms with E-state index < -0.39 is 0 Å². The molecule has 0 aliphatic carbocycles. The van der Waals surface area contributed by atoms with E-state index in [2.05, 4.69) is 22.3 Å².